The number of hydrogen-bond donors (Lipinski definition) is 2. The minimum atomic E-state index is -3.79. The quantitative estimate of drug-likeness (QED) is 0.742. The van der Waals surface area contributed by atoms with Crippen molar-refractivity contribution in [1.29, 1.82) is 0 Å². The van der Waals surface area contributed by atoms with Gasteiger partial charge in [-0.25, -0.2) is 17.9 Å². The molecule has 158 valence electrons. The highest BCUT2D eigenvalue weighted by molar-refractivity contribution is 7.92. The lowest BCUT2D eigenvalue weighted by molar-refractivity contribution is 0.233. The molecule has 2 aliphatic carbocycles. The third-order valence-corrected chi connectivity index (χ3v) is 7.30. The predicted octanol–water partition coefficient (Wildman–Crippen LogP) is 3.51. The maximum absolute atomic E-state index is 12.5. The zero-order chi connectivity index (χ0) is 20.3. The Balaban J connectivity index is 1.35. The fourth-order valence-electron chi connectivity index (χ4n) is 4.90. The first-order valence-corrected chi connectivity index (χ1v) is 12.5. The van der Waals surface area contributed by atoms with Crippen LogP contribution in [0.5, 0.6) is 0 Å². The lowest BCUT2D eigenvalue weighted by atomic mass is 9.99. The second-order valence-corrected chi connectivity index (χ2v) is 9.96. The highest BCUT2D eigenvalue weighted by Crippen LogP contribution is 2.38. The zero-order valence-corrected chi connectivity index (χ0v) is 17.8. The van der Waals surface area contributed by atoms with Crippen molar-refractivity contribution < 1.29 is 13.2 Å². The molecule has 1 aromatic carbocycles. The summed E-state index contributed by atoms with van der Waals surface area (Å²) in [7, 11) is -3.79. The van der Waals surface area contributed by atoms with Gasteiger partial charge in [0, 0.05) is 17.6 Å². The minimum absolute atomic E-state index is 0.667. The number of aryl methyl sites for hydroxylation is 2. The van der Waals surface area contributed by atoms with E-state index < -0.39 is 16.1 Å². The standard InChI is InChI=1S/C22H31N3O3S/c26-22(24-29(27,28)15-5-4-14-25-12-2-1-3-13-25)23-21-19-10-6-8-17(19)16-18-9-7-11-20(18)21/h5,15-16H,1-4,6-14H2,(H2,23,24,26)/b15-5+. The van der Waals surface area contributed by atoms with Crippen LogP contribution >= 0.6 is 0 Å². The van der Waals surface area contributed by atoms with Gasteiger partial charge in [0.25, 0.3) is 10.0 Å². The lowest BCUT2D eigenvalue weighted by Crippen LogP contribution is -2.33. The van der Waals surface area contributed by atoms with Crippen molar-refractivity contribution in [2.45, 2.75) is 64.2 Å². The van der Waals surface area contributed by atoms with E-state index in [-0.39, 0.29) is 0 Å². The first-order valence-electron chi connectivity index (χ1n) is 10.9. The van der Waals surface area contributed by atoms with E-state index in [9.17, 15) is 13.2 Å². The molecule has 4 rings (SSSR count). The Hall–Kier alpha value is -1.86. The normalized spacial score (nSPS) is 19.3. The Morgan fingerprint density at radius 1 is 0.966 bits per heavy atom. The number of urea groups is 1. The third-order valence-electron chi connectivity index (χ3n) is 6.28. The molecule has 3 aliphatic rings. The number of amides is 2. The van der Waals surface area contributed by atoms with Gasteiger partial charge in [0.05, 0.1) is 0 Å². The molecular weight excluding hydrogens is 386 g/mol. The Morgan fingerprint density at radius 2 is 1.62 bits per heavy atom. The van der Waals surface area contributed by atoms with Crippen molar-refractivity contribution in [3.05, 3.63) is 39.8 Å². The van der Waals surface area contributed by atoms with E-state index in [0.29, 0.717) is 6.42 Å². The van der Waals surface area contributed by atoms with Crippen molar-refractivity contribution in [2.24, 2.45) is 0 Å². The number of sulfonamides is 1. The molecule has 7 heteroatoms. The molecule has 0 bridgehead atoms. The van der Waals surface area contributed by atoms with Crippen LogP contribution in [0.1, 0.15) is 60.8 Å². The van der Waals surface area contributed by atoms with Crippen LogP contribution in [0.2, 0.25) is 0 Å². The number of nitrogens with zero attached hydrogens (tertiary/aromatic N) is 1. The molecule has 6 nitrogen and oxygen atoms in total. The molecular formula is C22H31N3O3S. The van der Waals surface area contributed by atoms with Crippen LogP contribution in [0.15, 0.2) is 17.6 Å². The van der Waals surface area contributed by atoms with Gasteiger partial charge < -0.3 is 10.2 Å². The molecule has 1 saturated heterocycles. The van der Waals surface area contributed by atoms with Gasteiger partial charge in [-0.05, 0) is 93.1 Å². The van der Waals surface area contributed by atoms with E-state index in [1.54, 1.807) is 6.08 Å². The Labute approximate surface area is 173 Å². The van der Waals surface area contributed by atoms with E-state index in [4.69, 9.17) is 0 Å². The fraction of sp³-hybridized carbons (Fsp3) is 0.591. The largest absolute Gasteiger partial charge is 0.333 e. The summed E-state index contributed by atoms with van der Waals surface area (Å²) in [6.07, 6.45) is 12.2. The number of piperidine rings is 1. The zero-order valence-electron chi connectivity index (χ0n) is 17.0. The minimum Gasteiger partial charge on any atom is -0.307 e. The molecule has 29 heavy (non-hydrogen) atoms. The third kappa shape index (κ3) is 5.01. The summed E-state index contributed by atoms with van der Waals surface area (Å²) in [5.74, 6) is 0. The molecule has 0 radical (unpaired) electrons. The van der Waals surface area contributed by atoms with Gasteiger partial charge in [0.1, 0.15) is 0 Å². The highest BCUT2D eigenvalue weighted by atomic mass is 32.2. The van der Waals surface area contributed by atoms with Crippen molar-refractivity contribution in [3.63, 3.8) is 0 Å². The number of nitrogens with one attached hydrogen (secondary N) is 2. The average molecular weight is 418 g/mol. The van der Waals surface area contributed by atoms with Crippen molar-refractivity contribution >= 4 is 21.7 Å². The number of fused-ring (bicyclic) bond motifs is 2. The van der Waals surface area contributed by atoms with Gasteiger partial charge >= 0.3 is 6.03 Å². The lowest BCUT2D eigenvalue weighted by Gasteiger charge is -2.25. The molecule has 0 atom stereocenters. The number of rotatable bonds is 6. The number of carbonyl (C=O) groups is 1. The maximum atomic E-state index is 12.5. The Kier molecular flexibility index (Phi) is 6.25. The Morgan fingerprint density at radius 3 is 2.28 bits per heavy atom. The first kappa shape index (κ1) is 20.4. The number of likely N-dealkylation sites (tertiary alicyclic amines) is 1. The van der Waals surface area contributed by atoms with E-state index >= 15 is 0 Å². The van der Waals surface area contributed by atoms with Crippen molar-refractivity contribution in [3.8, 4) is 0 Å². The molecule has 0 saturated carbocycles. The fourth-order valence-corrected chi connectivity index (χ4v) is 5.67. The molecule has 1 aliphatic heterocycles. The number of benzene rings is 1. The number of anilines is 1. The summed E-state index contributed by atoms with van der Waals surface area (Å²) in [6, 6.07) is 1.62. The van der Waals surface area contributed by atoms with Gasteiger partial charge in [0.2, 0.25) is 0 Å². The summed E-state index contributed by atoms with van der Waals surface area (Å²) >= 11 is 0. The molecule has 0 aromatic heterocycles. The van der Waals surface area contributed by atoms with Gasteiger partial charge in [0.15, 0.2) is 0 Å². The predicted molar refractivity (Wildman–Crippen MR) is 116 cm³/mol. The number of carbonyl (C=O) groups excluding carboxylic acids is 1. The summed E-state index contributed by atoms with van der Waals surface area (Å²) < 4.78 is 26.7. The number of hydrogen-bond acceptors (Lipinski definition) is 4. The van der Waals surface area contributed by atoms with Crippen LogP contribution < -0.4 is 10.0 Å². The maximum Gasteiger partial charge on any atom is 0.333 e. The molecule has 1 fully saturated rings. The molecule has 1 heterocycles. The SMILES string of the molecule is O=C(Nc1c2c(cc3c1CCC3)CCC2)NS(=O)(=O)/C=C/CCN1CCCCC1. The molecule has 2 N–H and O–H groups in total. The monoisotopic (exact) mass is 417 g/mol. The van der Waals surface area contributed by atoms with Crippen LogP contribution in [0, 0.1) is 0 Å². The molecule has 0 unspecified atom stereocenters. The van der Waals surface area contributed by atoms with Crippen LogP contribution in [0.3, 0.4) is 0 Å². The van der Waals surface area contributed by atoms with Gasteiger partial charge in [-0.15, -0.1) is 0 Å². The van der Waals surface area contributed by atoms with Crippen LogP contribution in [-0.2, 0) is 35.7 Å². The van der Waals surface area contributed by atoms with E-state index in [1.807, 2.05) is 0 Å². The van der Waals surface area contributed by atoms with Crippen molar-refractivity contribution in [2.75, 3.05) is 25.0 Å². The molecule has 0 spiro atoms. The van der Waals surface area contributed by atoms with Crippen molar-refractivity contribution in [1.82, 2.24) is 9.62 Å². The van der Waals surface area contributed by atoms with Crippen LogP contribution in [0.25, 0.3) is 0 Å². The summed E-state index contributed by atoms with van der Waals surface area (Å²) in [5, 5.41) is 3.99. The van der Waals surface area contributed by atoms with E-state index in [1.165, 1.54) is 41.5 Å². The average Bonchev–Trinajstić information content (AvgIpc) is 3.34. The van der Waals surface area contributed by atoms with E-state index in [0.717, 1.165) is 69.3 Å². The topological polar surface area (TPSA) is 78.5 Å². The van der Waals surface area contributed by atoms with Crippen LogP contribution in [0.4, 0.5) is 10.5 Å². The van der Waals surface area contributed by atoms with Gasteiger partial charge in [-0.3, -0.25) is 0 Å². The molecule has 1 aromatic rings. The Bertz CT molecular complexity index is 870. The van der Waals surface area contributed by atoms with Gasteiger partial charge in [-0.2, -0.15) is 0 Å². The summed E-state index contributed by atoms with van der Waals surface area (Å²) in [4.78, 5) is 14.8. The highest BCUT2D eigenvalue weighted by Gasteiger charge is 2.25. The second-order valence-electron chi connectivity index (χ2n) is 8.40. The smallest absolute Gasteiger partial charge is 0.307 e. The first-order chi connectivity index (χ1) is 14.0. The summed E-state index contributed by atoms with van der Waals surface area (Å²) in [5.41, 5.74) is 5.85. The van der Waals surface area contributed by atoms with E-state index in [2.05, 4.69) is 21.0 Å². The summed E-state index contributed by atoms with van der Waals surface area (Å²) in [6.45, 7) is 3.04. The second kappa shape index (κ2) is 8.88. The molecule has 2 amide bonds. The van der Waals surface area contributed by atoms with Gasteiger partial charge in [-0.1, -0.05) is 18.6 Å². The van der Waals surface area contributed by atoms with Crippen LogP contribution in [-0.4, -0.2) is 39.0 Å².